The molecular formula is C11H15BrN2O2. The first-order valence-corrected chi connectivity index (χ1v) is 5.91. The molecule has 0 saturated carbocycles. The van der Waals surface area contributed by atoms with Gasteiger partial charge in [0.05, 0.1) is 12.8 Å². The summed E-state index contributed by atoms with van der Waals surface area (Å²) >= 11 is 3.30. The van der Waals surface area contributed by atoms with Crippen LogP contribution in [0.25, 0.3) is 0 Å². The predicted octanol–water partition coefficient (Wildman–Crippen LogP) is 2.06. The molecule has 0 amide bonds. The summed E-state index contributed by atoms with van der Waals surface area (Å²) in [5.74, 6) is -0.316. The van der Waals surface area contributed by atoms with Crippen molar-refractivity contribution in [3.63, 3.8) is 0 Å². The van der Waals surface area contributed by atoms with Crippen LogP contribution in [0.1, 0.15) is 25.1 Å². The van der Waals surface area contributed by atoms with Gasteiger partial charge in [-0.1, -0.05) is 6.92 Å². The monoisotopic (exact) mass is 286 g/mol. The summed E-state index contributed by atoms with van der Waals surface area (Å²) in [6, 6.07) is 3.17. The Kier molecular flexibility index (Phi) is 5.42. The lowest BCUT2D eigenvalue weighted by atomic mass is 10.2. The van der Waals surface area contributed by atoms with Gasteiger partial charge in [-0.2, -0.15) is 0 Å². The maximum absolute atomic E-state index is 11.6. The minimum Gasteiger partial charge on any atom is -0.468 e. The molecule has 5 heteroatoms. The molecule has 0 aliphatic heterocycles. The third-order valence-electron chi connectivity index (χ3n) is 2.08. The molecule has 0 aliphatic rings. The molecule has 0 spiro atoms. The molecule has 0 fully saturated rings. The van der Waals surface area contributed by atoms with E-state index in [0.717, 1.165) is 17.4 Å². The van der Waals surface area contributed by atoms with Gasteiger partial charge in [0.15, 0.2) is 0 Å². The first-order chi connectivity index (χ1) is 7.69. The van der Waals surface area contributed by atoms with Gasteiger partial charge in [0, 0.05) is 10.7 Å². The van der Waals surface area contributed by atoms with E-state index >= 15 is 0 Å². The zero-order valence-electron chi connectivity index (χ0n) is 9.37. The highest BCUT2D eigenvalue weighted by molar-refractivity contribution is 9.10. The van der Waals surface area contributed by atoms with Crippen LogP contribution in [0.5, 0.6) is 0 Å². The molecule has 16 heavy (non-hydrogen) atoms. The van der Waals surface area contributed by atoms with E-state index in [0.29, 0.717) is 5.69 Å². The second-order valence-corrected chi connectivity index (χ2v) is 4.23. The van der Waals surface area contributed by atoms with E-state index in [9.17, 15) is 4.79 Å². The van der Waals surface area contributed by atoms with Crippen LogP contribution < -0.4 is 5.32 Å². The van der Waals surface area contributed by atoms with Gasteiger partial charge in [0.25, 0.3) is 0 Å². The van der Waals surface area contributed by atoms with Crippen LogP contribution >= 0.6 is 15.9 Å². The summed E-state index contributed by atoms with van der Waals surface area (Å²) in [5.41, 5.74) is 0.670. The van der Waals surface area contributed by atoms with Crippen LogP contribution in [0.15, 0.2) is 22.8 Å². The van der Waals surface area contributed by atoms with Crippen molar-refractivity contribution < 1.29 is 9.53 Å². The highest BCUT2D eigenvalue weighted by Crippen LogP contribution is 2.15. The Morgan fingerprint density at radius 2 is 2.38 bits per heavy atom. The minimum absolute atomic E-state index is 0.316. The van der Waals surface area contributed by atoms with Crippen molar-refractivity contribution in [2.24, 2.45) is 0 Å². The second kappa shape index (κ2) is 6.60. The SMILES string of the molecule is CCCNC(C(=O)OC)c1ccc(Br)cn1. The molecule has 1 atom stereocenters. The van der Waals surface area contributed by atoms with Gasteiger partial charge in [0.2, 0.25) is 0 Å². The number of ether oxygens (including phenoxy) is 1. The van der Waals surface area contributed by atoms with E-state index in [1.165, 1.54) is 7.11 Å². The summed E-state index contributed by atoms with van der Waals surface area (Å²) in [7, 11) is 1.38. The summed E-state index contributed by atoms with van der Waals surface area (Å²) in [4.78, 5) is 15.8. The summed E-state index contributed by atoms with van der Waals surface area (Å²) in [6.45, 7) is 2.79. The number of nitrogens with zero attached hydrogens (tertiary/aromatic N) is 1. The second-order valence-electron chi connectivity index (χ2n) is 3.31. The Hall–Kier alpha value is -0.940. The highest BCUT2D eigenvalue weighted by Gasteiger charge is 2.21. The molecular weight excluding hydrogens is 272 g/mol. The number of esters is 1. The first kappa shape index (κ1) is 13.1. The van der Waals surface area contributed by atoms with E-state index in [1.54, 1.807) is 12.3 Å². The van der Waals surface area contributed by atoms with Crippen LogP contribution in [-0.2, 0) is 9.53 Å². The average molecular weight is 287 g/mol. The molecule has 4 nitrogen and oxygen atoms in total. The fourth-order valence-corrected chi connectivity index (χ4v) is 1.51. The molecule has 0 radical (unpaired) electrons. The van der Waals surface area contributed by atoms with Crippen LogP contribution in [-0.4, -0.2) is 24.6 Å². The molecule has 1 aromatic heterocycles. The Morgan fingerprint density at radius 1 is 1.62 bits per heavy atom. The van der Waals surface area contributed by atoms with Crippen molar-refractivity contribution in [1.82, 2.24) is 10.3 Å². The zero-order valence-corrected chi connectivity index (χ0v) is 11.0. The fraction of sp³-hybridized carbons (Fsp3) is 0.455. The molecule has 1 rings (SSSR count). The third-order valence-corrected chi connectivity index (χ3v) is 2.55. The number of rotatable bonds is 5. The van der Waals surface area contributed by atoms with Crippen molar-refractivity contribution >= 4 is 21.9 Å². The number of aromatic nitrogens is 1. The van der Waals surface area contributed by atoms with Crippen molar-refractivity contribution in [3.8, 4) is 0 Å². The minimum atomic E-state index is -0.488. The third kappa shape index (κ3) is 3.57. The van der Waals surface area contributed by atoms with Crippen LogP contribution in [0, 0.1) is 0 Å². The molecule has 1 aromatic rings. The molecule has 88 valence electrons. The largest absolute Gasteiger partial charge is 0.468 e. The Balaban J connectivity index is 2.82. The maximum Gasteiger partial charge on any atom is 0.329 e. The van der Waals surface area contributed by atoms with E-state index in [2.05, 4.69) is 26.2 Å². The number of nitrogens with one attached hydrogen (secondary N) is 1. The summed E-state index contributed by atoms with van der Waals surface area (Å²) < 4.78 is 5.63. The van der Waals surface area contributed by atoms with Gasteiger partial charge in [-0.25, -0.2) is 4.79 Å². The fourth-order valence-electron chi connectivity index (χ4n) is 1.27. The Labute approximate surface area is 104 Å². The molecule has 0 bridgehead atoms. The summed E-state index contributed by atoms with van der Waals surface area (Å²) in [6.07, 6.45) is 2.61. The summed E-state index contributed by atoms with van der Waals surface area (Å²) in [5, 5.41) is 3.10. The normalized spacial score (nSPS) is 12.2. The van der Waals surface area contributed by atoms with Gasteiger partial charge in [0.1, 0.15) is 6.04 Å². The number of carbonyl (C=O) groups is 1. The van der Waals surface area contributed by atoms with E-state index in [1.807, 2.05) is 13.0 Å². The standard InChI is InChI=1S/C11H15BrN2O2/c1-3-6-13-10(11(15)16-2)9-5-4-8(12)7-14-9/h4-5,7,10,13H,3,6H2,1-2H3. The van der Waals surface area contributed by atoms with Crippen LogP contribution in [0.3, 0.4) is 0 Å². The van der Waals surface area contributed by atoms with E-state index in [-0.39, 0.29) is 5.97 Å². The van der Waals surface area contributed by atoms with Crippen LogP contribution in [0.2, 0.25) is 0 Å². The zero-order chi connectivity index (χ0) is 12.0. The quantitative estimate of drug-likeness (QED) is 0.842. The van der Waals surface area contributed by atoms with Crippen molar-refractivity contribution in [3.05, 3.63) is 28.5 Å². The number of halogens is 1. The predicted molar refractivity (Wildman–Crippen MR) is 65.0 cm³/mol. The van der Waals surface area contributed by atoms with Gasteiger partial charge >= 0.3 is 5.97 Å². The lowest BCUT2D eigenvalue weighted by Crippen LogP contribution is -2.30. The Bertz CT molecular complexity index is 340. The number of hydrogen-bond donors (Lipinski definition) is 1. The van der Waals surface area contributed by atoms with Crippen LogP contribution in [0.4, 0.5) is 0 Å². The van der Waals surface area contributed by atoms with Gasteiger partial charge in [-0.15, -0.1) is 0 Å². The number of carbonyl (C=O) groups excluding carboxylic acids is 1. The van der Waals surface area contributed by atoms with Gasteiger partial charge < -0.3 is 4.74 Å². The van der Waals surface area contributed by atoms with Gasteiger partial charge in [-0.05, 0) is 41.0 Å². The topological polar surface area (TPSA) is 51.2 Å². The van der Waals surface area contributed by atoms with Gasteiger partial charge in [-0.3, -0.25) is 10.3 Å². The first-order valence-electron chi connectivity index (χ1n) is 5.11. The Morgan fingerprint density at radius 3 is 2.88 bits per heavy atom. The molecule has 1 heterocycles. The lowest BCUT2D eigenvalue weighted by molar-refractivity contribution is -0.143. The highest BCUT2D eigenvalue weighted by atomic mass is 79.9. The van der Waals surface area contributed by atoms with Crippen molar-refractivity contribution in [2.45, 2.75) is 19.4 Å². The maximum atomic E-state index is 11.6. The average Bonchev–Trinajstić information content (AvgIpc) is 2.31. The number of methoxy groups -OCH3 is 1. The van der Waals surface area contributed by atoms with Crippen molar-refractivity contribution in [2.75, 3.05) is 13.7 Å². The van der Waals surface area contributed by atoms with E-state index < -0.39 is 6.04 Å². The molecule has 0 aromatic carbocycles. The molecule has 0 saturated heterocycles. The smallest absolute Gasteiger partial charge is 0.329 e. The molecule has 0 aliphatic carbocycles. The van der Waals surface area contributed by atoms with Crippen molar-refractivity contribution in [1.29, 1.82) is 0 Å². The lowest BCUT2D eigenvalue weighted by Gasteiger charge is -2.15. The number of hydrogen-bond acceptors (Lipinski definition) is 4. The molecule has 1 unspecified atom stereocenters. The molecule has 1 N–H and O–H groups in total. The number of pyridine rings is 1. The van der Waals surface area contributed by atoms with E-state index in [4.69, 9.17) is 4.74 Å².